The average molecular weight is 235 g/mol. The second-order valence-corrected chi connectivity index (χ2v) is 5.40. The van der Waals surface area contributed by atoms with Crippen LogP contribution < -0.4 is 5.32 Å². The number of nitrogens with one attached hydrogen (secondary N) is 1. The summed E-state index contributed by atoms with van der Waals surface area (Å²) in [5.41, 5.74) is 2.48. The fourth-order valence-corrected chi connectivity index (χ4v) is 2.78. The molecular weight excluding hydrogens is 218 g/mol. The highest BCUT2D eigenvalue weighted by Gasteiger charge is 2.18. The summed E-state index contributed by atoms with van der Waals surface area (Å²) >= 11 is 1.52. The largest absolute Gasteiger partial charge is 0.349 e. The van der Waals surface area contributed by atoms with Crippen LogP contribution >= 0.6 is 11.3 Å². The van der Waals surface area contributed by atoms with Gasteiger partial charge in [0.1, 0.15) is 0 Å². The lowest BCUT2D eigenvalue weighted by Crippen LogP contribution is -2.36. The summed E-state index contributed by atoms with van der Waals surface area (Å²) in [4.78, 5) is 12.7. The zero-order valence-corrected chi connectivity index (χ0v) is 10.4. The maximum atomic E-state index is 11.9. The number of hydrogen-bond donors (Lipinski definition) is 1. The van der Waals surface area contributed by atoms with E-state index in [9.17, 15) is 4.79 Å². The Kier molecular flexibility index (Phi) is 3.44. The van der Waals surface area contributed by atoms with Crippen molar-refractivity contribution in [3.63, 3.8) is 0 Å². The number of allylic oxidation sites excluding steroid dienone is 1. The first-order valence-corrected chi connectivity index (χ1v) is 6.56. The van der Waals surface area contributed by atoms with Gasteiger partial charge in [-0.3, -0.25) is 4.79 Å². The SMILES string of the molecule is C=C1CCC(NC(=O)c2cc(C)cs2)CC1. The van der Waals surface area contributed by atoms with Crippen LogP contribution in [0.5, 0.6) is 0 Å². The van der Waals surface area contributed by atoms with Gasteiger partial charge in [-0.05, 0) is 49.6 Å². The third-order valence-corrected chi connectivity index (χ3v) is 4.03. The van der Waals surface area contributed by atoms with Gasteiger partial charge in [-0.15, -0.1) is 11.3 Å². The van der Waals surface area contributed by atoms with Crippen LogP contribution in [0.1, 0.15) is 40.9 Å². The predicted octanol–water partition coefficient (Wildman–Crippen LogP) is 3.29. The van der Waals surface area contributed by atoms with Crippen molar-refractivity contribution < 1.29 is 4.79 Å². The zero-order chi connectivity index (χ0) is 11.5. The highest BCUT2D eigenvalue weighted by atomic mass is 32.1. The lowest BCUT2D eigenvalue weighted by atomic mass is 9.92. The summed E-state index contributed by atoms with van der Waals surface area (Å²) in [7, 11) is 0. The van der Waals surface area contributed by atoms with E-state index in [1.807, 2.05) is 18.4 Å². The Morgan fingerprint density at radius 3 is 2.75 bits per heavy atom. The van der Waals surface area contributed by atoms with E-state index >= 15 is 0 Å². The van der Waals surface area contributed by atoms with Crippen molar-refractivity contribution in [2.24, 2.45) is 0 Å². The van der Waals surface area contributed by atoms with E-state index < -0.39 is 0 Å². The van der Waals surface area contributed by atoms with Crippen LogP contribution in [0.2, 0.25) is 0 Å². The third-order valence-electron chi connectivity index (χ3n) is 2.98. The highest BCUT2D eigenvalue weighted by molar-refractivity contribution is 7.12. The average Bonchev–Trinajstić information content (AvgIpc) is 2.68. The van der Waals surface area contributed by atoms with Crippen molar-refractivity contribution >= 4 is 17.2 Å². The number of hydrogen-bond acceptors (Lipinski definition) is 2. The summed E-state index contributed by atoms with van der Waals surface area (Å²) in [6.45, 7) is 5.99. The maximum absolute atomic E-state index is 11.9. The van der Waals surface area contributed by atoms with Crippen molar-refractivity contribution in [1.29, 1.82) is 0 Å². The molecule has 86 valence electrons. The predicted molar refractivity (Wildman–Crippen MR) is 67.9 cm³/mol. The molecule has 2 nitrogen and oxygen atoms in total. The summed E-state index contributed by atoms with van der Waals surface area (Å²) in [5.74, 6) is 0.0793. The molecule has 1 aromatic heterocycles. The smallest absolute Gasteiger partial charge is 0.261 e. The summed E-state index contributed by atoms with van der Waals surface area (Å²) in [5, 5.41) is 5.11. The molecule has 0 saturated heterocycles. The van der Waals surface area contributed by atoms with Crippen molar-refractivity contribution in [2.75, 3.05) is 0 Å². The molecule has 3 heteroatoms. The van der Waals surface area contributed by atoms with E-state index in [1.165, 1.54) is 16.9 Å². The molecule has 1 saturated carbocycles. The summed E-state index contributed by atoms with van der Waals surface area (Å²) in [6.07, 6.45) is 4.17. The topological polar surface area (TPSA) is 29.1 Å². The monoisotopic (exact) mass is 235 g/mol. The van der Waals surface area contributed by atoms with Gasteiger partial charge in [-0.25, -0.2) is 0 Å². The van der Waals surface area contributed by atoms with Crippen LogP contribution in [0.4, 0.5) is 0 Å². The minimum absolute atomic E-state index is 0.0793. The van der Waals surface area contributed by atoms with Gasteiger partial charge in [0.25, 0.3) is 5.91 Å². The van der Waals surface area contributed by atoms with Crippen LogP contribution in [0.15, 0.2) is 23.6 Å². The van der Waals surface area contributed by atoms with E-state index in [1.54, 1.807) is 0 Å². The highest BCUT2D eigenvalue weighted by Crippen LogP contribution is 2.22. The molecule has 0 atom stereocenters. The molecular formula is C13H17NOS. The van der Waals surface area contributed by atoms with E-state index in [4.69, 9.17) is 0 Å². The fraction of sp³-hybridized carbons (Fsp3) is 0.462. The molecule has 2 rings (SSSR count). The lowest BCUT2D eigenvalue weighted by Gasteiger charge is -2.24. The fourth-order valence-electron chi connectivity index (χ4n) is 1.98. The molecule has 0 aromatic carbocycles. The Balaban J connectivity index is 1.90. The van der Waals surface area contributed by atoms with Crippen molar-refractivity contribution in [2.45, 2.75) is 38.6 Å². The number of rotatable bonds is 2. The summed E-state index contributed by atoms with van der Waals surface area (Å²) in [6, 6.07) is 2.28. The first-order valence-electron chi connectivity index (χ1n) is 5.68. The van der Waals surface area contributed by atoms with Crippen LogP contribution in [0.3, 0.4) is 0 Å². The second kappa shape index (κ2) is 4.83. The molecule has 1 aliphatic carbocycles. The molecule has 1 aliphatic rings. The van der Waals surface area contributed by atoms with Gasteiger partial charge in [0.15, 0.2) is 0 Å². The number of carbonyl (C=O) groups is 1. The first kappa shape index (κ1) is 11.4. The van der Waals surface area contributed by atoms with E-state index in [-0.39, 0.29) is 5.91 Å². The van der Waals surface area contributed by atoms with Crippen LogP contribution in [-0.4, -0.2) is 11.9 Å². The van der Waals surface area contributed by atoms with Gasteiger partial charge in [0.2, 0.25) is 0 Å². The quantitative estimate of drug-likeness (QED) is 0.783. The molecule has 1 N–H and O–H groups in total. The maximum Gasteiger partial charge on any atom is 0.261 e. The normalized spacial score (nSPS) is 17.4. The molecule has 1 aromatic rings. The van der Waals surface area contributed by atoms with Gasteiger partial charge >= 0.3 is 0 Å². The molecule has 1 amide bonds. The lowest BCUT2D eigenvalue weighted by molar-refractivity contribution is 0.0934. The number of aryl methyl sites for hydroxylation is 1. The van der Waals surface area contributed by atoms with Gasteiger partial charge in [0, 0.05) is 6.04 Å². The van der Waals surface area contributed by atoms with Crippen LogP contribution in [-0.2, 0) is 0 Å². The van der Waals surface area contributed by atoms with Gasteiger partial charge in [-0.1, -0.05) is 12.2 Å². The van der Waals surface area contributed by atoms with Gasteiger partial charge < -0.3 is 5.32 Å². The van der Waals surface area contributed by atoms with Gasteiger partial charge in [0.05, 0.1) is 4.88 Å². The third kappa shape index (κ3) is 2.73. The van der Waals surface area contributed by atoms with Crippen LogP contribution in [0, 0.1) is 6.92 Å². The van der Waals surface area contributed by atoms with Gasteiger partial charge in [-0.2, -0.15) is 0 Å². The number of amides is 1. The molecule has 0 aliphatic heterocycles. The van der Waals surface area contributed by atoms with Crippen molar-refractivity contribution in [3.8, 4) is 0 Å². The first-order chi connectivity index (χ1) is 7.65. The minimum Gasteiger partial charge on any atom is -0.349 e. The molecule has 1 fully saturated rings. The van der Waals surface area contributed by atoms with Crippen molar-refractivity contribution in [1.82, 2.24) is 5.32 Å². The number of thiophene rings is 1. The molecule has 0 unspecified atom stereocenters. The second-order valence-electron chi connectivity index (χ2n) is 4.49. The molecule has 0 spiro atoms. The Morgan fingerprint density at radius 2 is 2.19 bits per heavy atom. The zero-order valence-electron chi connectivity index (χ0n) is 9.58. The van der Waals surface area contributed by atoms with Crippen molar-refractivity contribution in [3.05, 3.63) is 34.0 Å². The van der Waals surface area contributed by atoms with E-state index in [0.717, 1.165) is 36.1 Å². The van der Waals surface area contributed by atoms with Crippen LogP contribution in [0.25, 0.3) is 0 Å². The Hall–Kier alpha value is -1.09. The Bertz CT molecular complexity index is 398. The molecule has 0 bridgehead atoms. The Morgan fingerprint density at radius 1 is 1.50 bits per heavy atom. The molecule has 1 heterocycles. The molecule has 0 radical (unpaired) electrons. The Labute approximate surface area is 100 Å². The summed E-state index contributed by atoms with van der Waals surface area (Å²) < 4.78 is 0. The standard InChI is InChI=1S/C13H17NOS/c1-9-3-5-11(6-4-9)14-13(15)12-7-10(2)8-16-12/h7-8,11H,1,3-6H2,2H3,(H,14,15). The number of carbonyl (C=O) groups excluding carboxylic acids is 1. The minimum atomic E-state index is 0.0793. The molecule has 16 heavy (non-hydrogen) atoms. The van der Waals surface area contributed by atoms with E-state index in [2.05, 4.69) is 11.9 Å². The van der Waals surface area contributed by atoms with E-state index in [0.29, 0.717) is 6.04 Å².